The van der Waals surface area contributed by atoms with Gasteiger partial charge in [-0.15, -0.1) is 0 Å². The van der Waals surface area contributed by atoms with Gasteiger partial charge in [-0.05, 0) is 32.9 Å². The van der Waals surface area contributed by atoms with E-state index < -0.39 is 0 Å². The minimum absolute atomic E-state index is 0.108. The van der Waals surface area contributed by atoms with Gasteiger partial charge in [0.15, 0.2) is 6.61 Å². The molecule has 0 aliphatic carbocycles. The summed E-state index contributed by atoms with van der Waals surface area (Å²) in [5.41, 5.74) is 0.522. The lowest BCUT2D eigenvalue weighted by Crippen LogP contribution is -2.42. The van der Waals surface area contributed by atoms with Crippen molar-refractivity contribution in [2.24, 2.45) is 5.16 Å². The van der Waals surface area contributed by atoms with E-state index in [-0.39, 0.29) is 18.1 Å². The summed E-state index contributed by atoms with van der Waals surface area (Å²) in [6.45, 7) is 5.61. The maximum absolute atomic E-state index is 11.5. The quantitative estimate of drug-likeness (QED) is 0.653. The molecular formula is C14H20N2O3. The van der Waals surface area contributed by atoms with Crippen LogP contribution in [0.1, 0.15) is 26.3 Å². The molecule has 0 aromatic heterocycles. The van der Waals surface area contributed by atoms with Gasteiger partial charge in [0, 0.05) is 11.1 Å². The molecule has 19 heavy (non-hydrogen) atoms. The van der Waals surface area contributed by atoms with E-state index in [0.29, 0.717) is 5.75 Å². The molecule has 0 saturated heterocycles. The Morgan fingerprint density at radius 1 is 1.37 bits per heavy atom. The fraction of sp³-hybridized carbons (Fsp3) is 0.429. The molecule has 1 rings (SSSR count). The number of benzene rings is 1. The average Bonchev–Trinajstić information content (AvgIpc) is 2.33. The van der Waals surface area contributed by atoms with Crippen molar-refractivity contribution in [1.29, 1.82) is 0 Å². The fourth-order valence-corrected chi connectivity index (χ4v) is 1.42. The lowest BCUT2D eigenvalue weighted by atomic mass is 10.1. The molecule has 1 N–H and O–H groups in total. The molecular weight excluding hydrogens is 244 g/mol. The Morgan fingerprint density at radius 2 is 2.05 bits per heavy atom. The largest absolute Gasteiger partial charge is 0.496 e. The number of carbonyl (C=O) groups excluding carboxylic acids is 1. The van der Waals surface area contributed by atoms with Gasteiger partial charge in [-0.1, -0.05) is 17.3 Å². The number of oxime groups is 1. The third kappa shape index (κ3) is 5.90. The molecule has 5 nitrogen and oxygen atoms in total. The Kier molecular flexibility index (Phi) is 5.36. The highest BCUT2D eigenvalue weighted by molar-refractivity contribution is 5.83. The number of carbonyl (C=O) groups is 1. The molecule has 1 aromatic carbocycles. The highest BCUT2D eigenvalue weighted by atomic mass is 16.6. The van der Waals surface area contributed by atoms with Gasteiger partial charge in [0.2, 0.25) is 0 Å². The van der Waals surface area contributed by atoms with Crippen molar-refractivity contribution in [3.63, 3.8) is 0 Å². The summed E-state index contributed by atoms with van der Waals surface area (Å²) in [7, 11) is 1.59. The molecule has 0 bridgehead atoms. The standard InChI is InChI=1S/C14H20N2O3/c1-14(2,3)16-13(17)10-19-15-9-11-7-5-6-8-12(11)18-4/h5-9H,10H2,1-4H3,(H,16,17)/b15-9+. The monoisotopic (exact) mass is 264 g/mol. The van der Waals surface area contributed by atoms with E-state index in [2.05, 4.69) is 10.5 Å². The van der Waals surface area contributed by atoms with E-state index in [4.69, 9.17) is 9.57 Å². The third-order valence-electron chi connectivity index (χ3n) is 2.12. The van der Waals surface area contributed by atoms with Crippen LogP contribution in [0.4, 0.5) is 0 Å². The number of hydrogen-bond donors (Lipinski definition) is 1. The van der Waals surface area contributed by atoms with Gasteiger partial charge in [-0.3, -0.25) is 4.79 Å². The van der Waals surface area contributed by atoms with Gasteiger partial charge in [-0.25, -0.2) is 0 Å². The van der Waals surface area contributed by atoms with Crippen molar-refractivity contribution < 1.29 is 14.4 Å². The number of para-hydroxylation sites is 1. The SMILES string of the molecule is COc1ccccc1/C=N/OCC(=O)NC(C)(C)C. The highest BCUT2D eigenvalue weighted by Crippen LogP contribution is 2.14. The first-order valence-electron chi connectivity index (χ1n) is 6.02. The summed E-state index contributed by atoms with van der Waals surface area (Å²) in [6, 6.07) is 7.42. The molecule has 0 radical (unpaired) electrons. The molecule has 0 aliphatic rings. The van der Waals surface area contributed by atoms with Crippen LogP contribution < -0.4 is 10.1 Å². The van der Waals surface area contributed by atoms with Gasteiger partial charge < -0.3 is 14.9 Å². The first kappa shape index (κ1) is 15.0. The highest BCUT2D eigenvalue weighted by Gasteiger charge is 2.13. The molecule has 5 heteroatoms. The first-order chi connectivity index (χ1) is 8.92. The van der Waals surface area contributed by atoms with Crippen LogP contribution in [0.25, 0.3) is 0 Å². The second-order valence-electron chi connectivity index (χ2n) is 5.05. The molecule has 1 aromatic rings. The van der Waals surface area contributed by atoms with Crippen molar-refractivity contribution in [2.75, 3.05) is 13.7 Å². The summed E-state index contributed by atoms with van der Waals surface area (Å²) in [5.74, 6) is 0.499. The van der Waals surface area contributed by atoms with Crippen LogP contribution in [-0.4, -0.2) is 31.4 Å². The molecule has 0 unspecified atom stereocenters. The van der Waals surface area contributed by atoms with Crippen molar-refractivity contribution in [1.82, 2.24) is 5.32 Å². The van der Waals surface area contributed by atoms with Crippen molar-refractivity contribution in [3.05, 3.63) is 29.8 Å². The Balaban J connectivity index is 2.44. The van der Waals surface area contributed by atoms with Crippen molar-refractivity contribution in [2.45, 2.75) is 26.3 Å². The smallest absolute Gasteiger partial charge is 0.261 e. The van der Waals surface area contributed by atoms with Crippen molar-refractivity contribution >= 4 is 12.1 Å². The number of ether oxygens (including phenoxy) is 1. The summed E-state index contributed by atoms with van der Waals surface area (Å²) < 4.78 is 5.16. The zero-order chi connectivity index (χ0) is 14.3. The van der Waals surface area contributed by atoms with Gasteiger partial charge in [0.1, 0.15) is 5.75 Å². The molecule has 0 aliphatic heterocycles. The van der Waals surface area contributed by atoms with E-state index in [9.17, 15) is 4.79 Å². The van der Waals surface area contributed by atoms with Gasteiger partial charge in [-0.2, -0.15) is 0 Å². The molecule has 0 atom stereocenters. The van der Waals surface area contributed by atoms with Crippen LogP contribution in [0.3, 0.4) is 0 Å². The Hall–Kier alpha value is -2.04. The summed E-state index contributed by atoms with van der Waals surface area (Å²) >= 11 is 0. The van der Waals surface area contributed by atoms with E-state index in [1.807, 2.05) is 45.0 Å². The van der Waals surface area contributed by atoms with E-state index >= 15 is 0 Å². The normalized spacial score (nSPS) is 11.4. The Labute approximate surface area is 113 Å². The Bertz CT molecular complexity index is 450. The fourth-order valence-electron chi connectivity index (χ4n) is 1.42. The third-order valence-corrected chi connectivity index (χ3v) is 2.12. The maximum Gasteiger partial charge on any atom is 0.261 e. The van der Waals surface area contributed by atoms with Crippen molar-refractivity contribution in [3.8, 4) is 5.75 Å². The molecule has 0 heterocycles. The maximum atomic E-state index is 11.5. The lowest BCUT2D eigenvalue weighted by molar-refractivity contribution is -0.127. The molecule has 0 saturated carbocycles. The predicted molar refractivity (Wildman–Crippen MR) is 74.4 cm³/mol. The summed E-state index contributed by atoms with van der Waals surface area (Å²) in [4.78, 5) is 16.4. The number of hydrogen-bond acceptors (Lipinski definition) is 4. The van der Waals surface area contributed by atoms with Crippen LogP contribution in [0.2, 0.25) is 0 Å². The van der Waals surface area contributed by atoms with Crippen LogP contribution in [0.5, 0.6) is 5.75 Å². The van der Waals surface area contributed by atoms with Gasteiger partial charge in [0.25, 0.3) is 5.91 Å². The van der Waals surface area contributed by atoms with Crippen LogP contribution in [-0.2, 0) is 9.63 Å². The zero-order valence-corrected chi connectivity index (χ0v) is 11.8. The second kappa shape index (κ2) is 6.78. The second-order valence-corrected chi connectivity index (χ2v) is 5.05. The zero-order valence-electron chi connectivity index (χ0n) is 11.8. The summed E-state index contributed by atoms with van der Waals surface area (Å²) in [5, 5.41) is 6.53. The van der Waals surface area contributed by atoms with Crippen LogP contribution in [0.15, 0.2) is 29.4 Å². The van der Waals surface area contributed by atoms with Gasteiger partial charge >= 0.3 is 0 Å². The molecule has 1 amide bonds. The number of nitrogens with one attached hydrogen (secondary N) is 1. The predicted octanol–water partition coefficient (Wildman–Crippen LogP) is 1.96. The number of nitrogens with zero attached hydrogens (tertiary/aromatic N) is 1. The average molecular weight is 264 g/mol. The van der Waals surface area contributed by atoms with E-state index in [1.54, 1.807) is 7.11 Å². The first-order valence-corrected chi connectivity index (χ1v) is 6.02. The lowest BCUT2D eigenvalue weighted by Gasteiger charge is -2.19. The van der Waals surface area contributed by atoms with E-state index in [0.717, 1.165) is 5.56 Å². The molecule has 0 spiro atoms. The van der Waals surface area contributed by atoms with Gasteiger partial charge in [0.05, 0.1) is 13.3 Å². The minimum Gasteiger partial charge on any atom is -0.496 e. The van der Waals surface area contributed by atoms with E-state index in [1.165, 1.54) is 6.21 Å². The number of methoxy groups -OCH3 is 1. The minimum atomic E-state index is -0.271. The Morgan fingerprint density at radius 3 is 2.68 bits per heavy atom. The van der Waals surface area contributed by atoms with Crippen LogP contribution in [0, 0.1) is 0 Å². The molecule has 0 fully saturated rings. The topological polar surface area (TPSA) is 59.9 Å². The number of rotatable bonds is 5. The van der Waals surface area contributed by atoms with Crippen LogP contribution >= 0.6 is 0 Å². The number of amides is 1. The summed E-state index contributed by atoms with van der Waals surface area (Å²) in [6.07, 6.45) is 1.52. The molecule has 104 valence electrons.